The van der Waals surface area contributed by atoms with Gasteiger partial charge in [0.2, 0.25) is 5.95 Å². The van der Waals surface area contributed by atoms with Crippen LogP contribution in [0.25, 0.3) is 0 Å². The van der Waals surface area contributed by atoms with Crippen LogP contribution in [0.15, 0.2) is 24.8 Å². The van der Waals surface area contributed by atoms with E-state index in [0.717, 1.165) is 31.4 Å². The van der Waals surface area contributed by atoms with Crippen LogP contribution in [0.2, 0.25) is 5.02 Å². The van der Waals surface area contributed by atoms with Gasteiger partial charge in [0, 0.05) is 32.0 Å². The van der Waals surface area contributed by atoms with Gasteiger partial charge in [-0.25, -0.2) is 15.0 Å². The highest BCUT2D eigenvalue weighted by molar-refractivity contribution is 6.30. The van der Waals surface area contributed by atoms with Crippen molar-refractivity contribution in [3.63, 3.8) is 0 Å². The summed E-state index contributed by atoms with van der Waals surface area (Å²) < 4.78 is 2.22. The minimum Gasteiger partial charge on any atom is -0.340 e. The molecule has 1 aliphatic heterocycles. The first kappa shape index (κ1) is 13.4. The molecule has 0 N–H and O–H groups in total. The van der Waals surface area contributed by atoms with E-state index in [1.54, 1.807) is 12.4 Å². The topological polar surface area (TPSA) is 46.8 Å². The lowest BCUT2D eigenvalue weighted by molar-refractivity contribution is 0.361. The summed E-state index contributed by atoms with van der Waals surface area (Å²) in [5.41, 5.74) is 0. The molecule has 20 heavy (non-hydrogen) atoms. The number of halogens is 1. The van der Waals surface area contributed by atoms with Crippen LogP contribution in [0.3, 0.4) is 0 Å². The average Bonchev–Trinajstić information content (AvgIpc) is 2.85. The molecule has 0 aliphatic carbocycles. The number of aryl methyl sites for hydroxylation is 1. The first-order valence-electron chi connectivity index (χ1n) is 6.92. The number of nitrogens with zero attached hydrogens (tertiary/aromatic N) is 5. The third-order valence-corrected chi connectivity index (χ3v) is 3.98. The molecule has 5 nitrogen and oxygen atoms in total. The van der Waals surface area contributed by atoms with Crippen LogP contribution in [0.4, 0.5) is 5.95 Å². The molecule has 0 aromatic carbocycles. The second-order valence-corrected chi connectivity index (χ2v) is 5.72. The van der Waals surface area contributed by atoms with Crippen LogP contribution in [0, 0.1) is 12.8 Å². The Labute approximate surface area is 123 Å². The smallest absolute Gasteiger partial charge is 0.225 e. The molecule has 1 atom stereocenters. The molecule has 0 saturated carbocycles. The zero-order valence-electron chi connectivity index (χ0n) is 11.5. The molecule has 0 bridgehead atoms. The van der Waals surface area contributed by atoms with Crippen molar-refractivity contribution in [3.8, 4) is 0 Å². The highest BCUT2D eigenvalue weighted by Crippen LogP contribution is 2.22. The van der Waals surface area contributed by atoms with E-state index >= 15 is 0 Å². The summed E-state index contributed by atoms with van der Waals surface area (Å²) in [5.74, 6) is 2.46. The van der Waals surface area contributed by atoms with Gasteiger partial charge in [-0.05, 0) is 25.7 Å². The van der Waals surface area contributed by atoms with Gasteiger partial charge in [-0.2, -0.15) is 0 Å². The predicted molar refractivity (Wildman–Crippen MR) is 78.9 cm³/mol. The van der Waals surface area contributed by atoms with Crippen molar-refractivity contribution in [1.29, 1.82) is 0 Å². The van der Waals surface area contributed by atoms with Crippen molar-refractivity contribution < 1.29 is 0 Å². The Morgan fingerprint density at radius 2 is 2.10 bits per heavy atom. The predicted octanol–water partition coefficient (Wildman–Crippen LogP) is 2.55. The molecule has 0 radical (unpaired) electrons. The third-order valence-electron chi connectivity index (χ3n) is 3.79. The van der Waals surface area contributed by atoms with Crippen LogP contribution >= 0.6 is 11.6 Å². The Bertz CT molecular complexity index is 565. The quantitative estimate of drug-likeness (QED) is 0.872. The number of piperidine rings is 1. The van der Waals surface area contributed by atoms with E-state index in [9.17, 15) is 0 Å². The Balaban J connectivity index is 1.67. The highest BCUT2D eigenvalue weighted by atomic mass is 35.5. The first-order valence-corrected chi connectivity index (χ1v) is 7.30. The van der Waals surface area contributed by atoms with Crippen LogP contribution in [-0.2, 0) is 6.54 Å². The van der Waals surface area contributed by atoms with E-state index in [1.165, 1.54) is 12.8 Å². The zero-order chi connectivity index (χ0) is 13.9. The number of anilines is 1. The fourth-order valence-corrected chi connectivity index (χ4v) is 2.84. The van der Waals surface area contributed by atoms with E-state index in [1.807, 2.05) is 19.3 Å². The number of aromatic nitrogens is 4. The van der Waals surface area contributed by atoms with Crippen molar-refractivity contribution >= 4 is 17.5 Å². The van der Waals surface area contributed by atoms with Gasteiger partial charge in [0.25, 0.3) is 0 Å². The van der Waals surface area contributed by atoms with Crippen molar-refractivity contribution in [2.45, 2.75) is 26.3 Å². The lowest BCUT2D eigenvalue weighted by atomic mass is 9.98. The fraction of sp³-hybridized carbons (Fsp3) is 0.500. The van der Waals surface area contributed by atoms with E-state index in [0.29, 0.717) is 10.9 Å². The van der Waals surface area contributed by atoms with Gasteiger partial charge >= 0.3 is 0 Å². The monoisotopic (exact) mass is 291 g/mol. The standard InChI is InChI=1S/C14H18ClN5/c1-11-16-4-6-19(11)9-12-3-2-5-20(10-12)14-17-7-13(15)8-18-14/h4,6-8,12H,2-3,5,9-10H2,1H3. The first-order chi connectivity index (χ1) is 9.72. The number of hydrogen-bond donors (Lipinski definition) is 0. The number of imidazole rings is 1. The summed E-state index contributed by atoms with van der Waals surface area (Å²) in [6.45, 7) is 5.05. The largest absolute Gasteiger partial charge is 0.340 e. The normalized spacial score (nSPS) is 19.3. The Morgan fingerprint density at radius 3 is 2.80 bits per heavy atom. The summed E-state index contributed by atoms with van der Waals surface area (Å²) in [6, 6.07) is 0. The molecule has 2 aromatic rings. The van der Waals surface area contributed by atoms with Crippen molar-refractivity contribution in [2.24, 2.45) is 5.92 Å². The molecule has 1 unspecified atom stereocenters. The fourth-order valence-electron chi connectivity index (χ4n) is 2.74. The third kappa shape index (κ3) is 2.93. The molecule has 0 amide bonds. The summed E-state index contributed by atoms with van der Waals surface area (Å²) in [7, 11) is 0. The molecule has 6 heteroatoms. The molecule has 1 aliphatic rings. The van der Waals surface area contributed by atoms with Crippen molar-refractivity contribution in [3.05, 3.63) is 35.6 Å². The summed E-state index contributed by atoms with van der Waals surface area (Å²) in [6.07, 6.45) is 9.64. The lowest BCUT2D eigenvalue weighted by Gasteiger charge is -2.33. The number of rotatable bonds is 3. The van der Waals surface area contributed by atoms with Gasteiger partial charge in [-0.3, -0.25) is 0 Å². The number of hydrogen-bond acceptors (Lipinski definition) is 4. The maximum absolute atomic E-state index is 5.84. The summed E-state index contributed by atoms with van der Waals surface area (Å²) in [5, 5.41) is 0.580. The van der Waals surface area contributed by atoms with E-state index in [2.05, 4.69) is 24.4 Å². The average molecular weight is 292 g/mol. The molecule has 2 aromatic heterocycles. The van der Waals surface area contributed by atoms with Gasteiger partial charge in [0.15, 0.2) is 0 Å². The molecule has 1 saturated heterocycles. The second kappa shape index (κ2) is 5.79. The van der Waals surface area contributed by atoms with Crippen LogP contribution < -0.4 is 4.90 Å². The van der Waals surface area contributed by atoms with Gasteiger partial charge in [-0.15, -0.1) is 0 Å². The molecule has 3 rings (SSSR count). The van der Waals surface area contributed by atoms with Gasteiger partial charge in [-0.1, -0.05) is 11.6 Å². The van der Waals surface area contributed by atoms with Crippen LogP contribution in [0.1, 0.15) is 18.7 Å². The van der Waals surface area contributed by atoms with Gasteiger partial charge in [0.1, 0.15) is 5.82 Å². The Morgan fingerprint density at radius 1 is 1.30 bits per heavy atom. The van der Waals surface area contributed by atoms with E-state index in [-0.39, 0.29) is 0 Å². The maximum Gasteiger partial charge on any atom is 0.225 e. The minimum atomic E-state index is 0.580. The van der Waals surface area contributed by atoms with Crippen molar-refractivity contribution in [2.75, 3.05) is 18.0 Å². The minimum absolute atomic E-state index is 0.580. The van der Waals surface area contributed by atoms with Gasteiger partial charge in [0.05, 0.1) is 17.4 Å². The van der Waals surface area contributed by atoms with E-state index < -0.39 is 0 Å². The highest BCUT2D eigenvalue weighted by Gasteiger charge is 2.22. The van der Waals surface area contributed by atoms with E-state index in [4.69, 9.17) is 11.6 Å². The summed E-state index contributed by atoms with van der Waals surface area (Å²) >= 11 is 5.84. The lowest BCUT2D eigenvalue weighted by Crippen LogP contribution is -2.38. The molecule has 106 valence electrons. The molecular formula is C14H18ClN5. The SMILES string of the molecule is Cc1nccn1CC1CCCN(c2ncc(Cl)cn2)C1. The summed E-state index contributed by atoms with van der Waals surface area (Å²) in [4.78, 5) is 15.2. The molecule has 1 fully saturated rings. The Hall–Kier alpha value is -1.62. The van der Waals surface area contributed by atoms with Crippen LogP contribution in [-0.4, -0.2) is 32.6 Å². The van der Waals surface area contributed by atoms with Crippen molar-refractivity contribution in [1.82, 2.24) is 19.5 Å². The second-order valence-electron chi connectivity index (χ2n) is 5.28. The van der Waals surface area contributed by atoms with Gasteiger partial charge < -0.3 is 9.47 Å². The Kier molecular flexibility index (Phi) is 3.87. The zero-order valence-corrected chi connectivity index (χ0v) is 12.3. The maximum atomic E-state index is 5.84. The molecule has 0 spiro atoms. The molecule has 3 heterocycles. The molecular weight excluding hydrogens is 274 g/mol. The van der Waals surface area contributed by atoms with Crippen LogP contribution in [0.5, 0.6) is 0 Å².